The monoisotopic (exact) mass is 305 g/mol. The van der Waals surface area contributed by atoms with Gasteiger partial charge >= 0.3 is 0 Å². The van der Waals surface area contributed by atoms with Gasteiger partial charge in [-0.15, -0.1) is 0 Å². The second kappa shape index (κ2) is 6.23. The number of carbonyl (C=O) groups is 1. The van der Waals surface area contributed by atoms with Crippen LogP contribution >= 0.6 is 0 Å². The van der Waals surface area contributed by atoms with Gasteiger partial charge in [-0.25, -0.2) is 9.97 Å². The minimum Gasteiger partial charge on any atom is -0.545 e. The number of hydrogen-bond donors (Lipinski definition) is 1. The molecule has 0 unspecified atom stereocenters. The number of benzene rings is 2. The van der Waals surface area contributed by atoms with E-state index in [9.17, 15) is 9.90 Å². The minimum absolute atomic E-state index is 0.100. The molecular weight excluding hydrogens is 292 g/mol. The average molecular weight is 305 g/mol. The number of hydrazone groups is 1. The molecule has 0 bridgehead atoms. The summed E-state index contributed by atoms with van der Waals surface area (Å²) in [6, 6.07) is 14.1. The van der Waals surface area contributed by atoms with Crippen LogP contribution in [0.3, 0.4) is 0 Å². The van der Waals surface area contributed by atoms with Crippen molar-refractivity contribution in [3.05, 3.63) is 66.0 Å². The smallest absolute Gasteiger partial charge is 0.157 e. The quantitative estimate of drug-likeness (QED) is 0.586. The number of carboxylic acid groups (broad SMARTS) is 1. The van der Waals surface area contributed by atoms with Crippen molar-refractivity contribution in [2.75, 3.05) is 5.43 Å². The summed E-state index contributed by atoms with van der Waals surface area (Å²) in [5.74, 6) is -0.677. The van der Waals surface area contributed by atoms with Crippen molar-refractivity contribution >= 4 is 28.4 Å². The van der Waals surface area contributed by atoms with Gasteiger partial charge in [0, 0.05) is 16.5 Å². The van der Waals surface area contributed by atoms with Crippen LogP contribution in [-0.4, -0.2) is 21.6 Å². The molecule has 1 heterocycles. The summed E-state index contributed by atoms with van der Waals surface area (Å²) in [6.07, 6.45) is 1.45. The highest BCUT2D eigenvalue weighted by Crippen LogP contribution is 2.18. The Bertz CT molecular complexity index is 900. The van der Waals surface area contributed by atoms with Gasteiger partial charge in [-0.05, 0) is 19.1 Å². The SMILES string of the molecule is C/C(=N/Nc1ncnc2ccccc12)c1ccccc1C(=O)[O-]. The Morgan fingerprint density at radius 1 is 1.04 bits per heavy atom. The van der Waals surface area contributed by atoms with Gasteiger partial charge in [0.1, 0.15) is 6.33 Å². The average Bonchev–Trinajstić information content (AvgIpc) is 2.59. The molecule has 0 aliphatic carbocycles. The molecule has 6 nitrogen and oxygen atoms in total. The Morgan fingerprint density at radius 3 is 2.52 bits per heavy atom. The molecule has 0 spiro atoms. The van der Waals surface area contributed by atoms with E-state index < -0.39 is 5.97 Å². The van der Waals surface area contributed by atoms with Gasteiger partial charge in [0.2, 0.25) is 0 Å². The topological polar surface area (TPSA) is 90.3 Å². The van der Waals surface area contributed by atoms with E-state index in [1.54, 1.807) is 25.1 Å². The number of aromatic carboxylic acids is 1. The molecule has 1 aromatic heterocycles. The van der Waals surface area contributed by atoms with Gasteiger partial charge in [-0.3, -0.25) is 5.43 Å². The Balaban J connectivity index is 1.95. The number of nitrogens with zero attached hydrogens (tertiary/aromatic N) is 3. The van der Waals surface area contributed by atoms with E-state index >= 15 is 0 Å². The molecule has 0 aliphatic heterocycles. The van der Waals surface area contributed by atoms with Crippen LogP contribution in [0.15, 0.2) is 60.0 Å². The number of carboxylic acids is 1. The first kappa shape index (κ1) is 14.6. The minimum atomic E-state index is -1.23. The van der Waals surface area contributed by atoms with Gasteiger partial charge in [-0.2, -0.15) is 5.10 Å². The largest absolute Gasteiger partial charge is 0.545 e. The third-order valence-corrected chi connectivity index (χ3v) is 3.41. The molecular formula is C17H13N4O2-. The standard InChI is InChI=1S/C17H14N4O2/c1-11(12-6-2-3-7-13(12)17(22)23)20-21-16-14-8-4-5-9-15(14)18-10-19-16/h2-10H,1H3,(H,22,23)(H,18,19,21)/p-1/b20-11-. The maximum atomic E-state index is 11.2. The maximum absolute atomic E-state index is 11.2. The van der Waals surface area contributed by atoms with Crippen LogP contribution in [0.1, 0.15) is 22.8 Å². The molecule has 0 radical (unpaired) electrons. The fourth-order valence-corrected chi connectivity index (χ4v) is 2.27. The zero-order chi connectivity index (χ0) is 16.2. The predicted octanol–water partition coefficient (Wildman–Crippen LogP) is 1.83. The number of rotatable bonds is 4. The fraction of sp³-hybridized carbons (Fsp3) is 0.0588. The molecule has 0 fully saturated rings. The van der Waals surface area contributed by atoms with Gasteiger partial charge in [-0.1, -0.05) is 36.4 Å². The van der Waals surface area contributed by atoms with Crippen molar-refractivity contribution in [1.82, 2.24) is 9.97 Å². The lowest BCUT2D eigenvalue weighted by Gasteiger charge is -2.10. The highest BCUT2D eigenvalue weighted by Gasteiger charge is 2.06. The predicted molar refractivity (Wildman–Crippen MR) is 86.1 cm³/mol. The molecule has 23 heavy (non-hydrogen) atoms. The lowest BCUT2D eigenvalue weighted by atomic mass is 10.0. The van der Waals surface area contributed by atoms with Crippen LogP contribution < -0.4 is 10.5 Å². The van der Waals surface area contributed by atoms with E-state index in [1.807, 2.05) is 24.3 Å². The molecule has 0 aliphatic rings. The molecule has 0 saturated carbocycles. The summed E-state index contributed by atoms with van der Waals surface area (Å²) in [5.41, 5.74) is 4.79. The maximum Gasteiger partial charge on any atom is 0.157 e. The van der Waals surface area contributed by atoms with E-state index in [0.717, 1.165) is 10.9 Å². The number of carbonyl (C=O) groups excluding carboxylic acids is 1. The van der Waals surface area contributed by atoms with Crippen molar-refractivity contribution in [2.45, 2.75) is 6.92 Å². The molecule has 1 N–H and O–H groups in total. The zero-order valence-electron chi connectivity index (χ0n) is 12.4. The van der Waals surface area contributed by atoms with E-state index in [4.69, 9.17) is 0 Å². The first-order valence-corrected chi connectivity index (χ1v) is 6.97. The molecule has 0 amide bonds. The zero-order valence-corrected chi connectivity index (χ0v) is 12.4. The van der Waals surface area contributed by atoms with E-state index in [1.165, 1.54) is 12.4 Å². The summed E-state index contributed by atoms with van der Waals surface area (Å²) in [7, 11) is 0. The van der Waals surface area contributed by atoms with Crippen LogP contribution in [-0.2, 0) is 0 Å². The lowest BCUT2D eigenvalue weighted by molar-refractivity contribution is -0.255. The summed E-state index contributed by atoms with van der Waals surface area (Å²) in [4.78, 5) is 19.5. The number of anilines is 1. The number of para-hydroxylation sites is 1. The number of nitrogens with one attached hydrogen (secondary N) is 1. The second-order valence-corrected chi connectivity index (χ2v) is 4.88. The van der Waals surface area contributed by atoms with Crippen molar-refractivity contribution in [2.24, 2.45) is 5.10 Å². The summed E-state index contributed by atoms with van der Waals surface area (Å²) >= 11 is 0. The second-order valence-electron chi connectivity index (χ2n) is 4.88. The van der Waals surface area contributed by atoms with Crippen molar-refractivity contribution in [3.8, 4) is 0 Å². The van der Waals surface area contributed by atoms with E-state index in [-0.39, 0.29) is 5.56 Å². The van der Waals surface area contributed by atoms with Crippen LogP contribution in [0, 0.1) is 0 Å². The molecule has 114 valence electrons. The number of aromatic nitrogens is 2. The van der Waals surface area contributed by atoms with Gasteiger partial charge in [0.15, 0.2) is 5.82 Å². The highest BCUT2D eigenvalue weighted by molar-refractivity contribution is 6.07. The van der Waals surface area contributed by atoms with Crippen LogP contribution in [0.2, 0.25) is 0 Å². The lowest BCUT2D eigenvalue weighted by Crippen LogP contribution is -2.24. The fourth-order valence-electron chi connectivity index (χ4n) is 2.27. The molecule has 0 saturated heterocycles. The number of fused-ring (bicyclic) bond motifs is 1. The Morgan fingerprint density at radius 2 is 1.74 bits per heavy atom. The third-order valence-electron chi connectivity index (χ3n) is 3.41. The molecule has 3 aromatic rings. The normalized spacial score (nSPS) is 11.4. The summed E-state index contributed by atoms with van der Waals surface area (Å²) in [5, 5.41) is 16.2. The van der Waals surface area contributed by atoms with E-state index in [2.05, 4.69) is 20.5 Å². The van der Waals surface area contributed by atoms with Gasteiger partial charge in [0.25, 0.3) is 0 Å². The van der Waals surface area contributed by atoms with Crippen molar-refractivity contribution < 1.29 is 9.90 Å². The Labute approximate surface area is 132 Å². The highest BCUT2D eigenvalue weighted by atomic mass is 16.4. The van der Waals surface area contributed by atoms with E-state index in [0.29, 0.717) is 17.1 Å². The molecule has 3 rings (SSSR count). The van der Waals surface area contributed by atoms with Crippen LogP contribution in [0.5, 0.6) is 0 Å². The number of hydrogen-bond acceptors (Lipinski definition) is 6. The Hall–Kier alpha value is -3.28. The first-order chi connectivity index (χ1) is 11.2. The molecule has 6 heteroatoms. The van der Waals surface area contributed by atoms with Crippen LogP contribution in [0.25, 0.3) is 10.9 Å². The van der Waals surface area contributed by atoms with Crippen molar-refractivity contribution in [1.29, 1.82) is 0 Å². The summed E-state index contributed by atoms with van der Waals surface area (Å²) in [6.45, 7) is 1.72. The van der Waals surface area contributed by atoms with Crippen molar-refractivity contribution in [3.63, 3.8) is 0 Å². The molecule has 0 atom stereocenters. The first-order valence-electron chi connectivity index (χ1n) is 6.97. The molecule has 2 aromatic carbocycles. The van der Waals surface area contributed by atoms with Crippen LogP contribution in [0.4, 0.5) is 5.82 Å². The third kappa shape index (κ3) is 3.01. The van der Waals surface area contributed by atoms with Gasteiger partial charge in [0.05, 0.1) is 17.2 Å². The Kier molecular flexibility index (Phi) is 3.97. The van der Waals surface area contributed by atoms with Gasteiger partial charge < -0.3 is 9.90 Å². The summed E-state index contributed by atoms with van der Waals surface area (Å²) < 4.78 is 0.